The fourth-order valence-corrected chi connectivity index (χ4v) is 1.09. The highest BCUT2D eigenvalue weighted by molar-refractivity contribution is 5.82. The second kappa shape index (κ2) is 11.1. The fraction of sp³-hybridized carbons (Fsp3) is 0.429. The zero-order valence-electron chi connectivity index (χ0n) is 11.4. The number of hydrogen-bond donors (Lipinski definition) is 0. The fourth-order valence-electron chi connectivity index (χ4n) is 1.09. The van der Waals surface area contributed by atoms with Crippen LogP contribution in [0.5, 0.6) is 0 Å². The SMILES string of the molecule is C=CCC/C(=C\C(=O)OCC)O/C=C/C(=O)OCC. The Balaban J connectivity index is 4.46. The predicted octanol–water partition coefficient (Wildman–Crippen LogP) is 2.49. The Labute approximate surface area is 113 Å². The molecule has 5 nitrogen and oxygen atoms in total. The topological polar surface area (TPSA) is 61.8 Å². The summed E-state index contributed by atoms with van der Waals surface area (Å²) in [4.78, 5) is 22.3. The van der Waals surface area contributed by atoms with Crippen molar-refractivity contribution in [1.82, 2.24) is 0 Å². The van der Waals surface area contributed by atoms with E-state index in [1.54, 1.807) is 19.9 Å². The first kappa shape index (κ1) is 17.0. The number of esters is 2. The summed E-state index contributed by atoms with van der Waals surface area (Å²) in [6, 6.07) is 0. The molecule has 5 heteroatoms. The molecule has 0 aliphatic rings. The molecule has 0 unspecified atom stereocenters. The summed E-state index contributed by atoms with van der Waals surface area (Å²) in [5.41, 5.74) is 0. The third kappa shape index (κ3) is 9.64. The molecule has 0 aliphatic heterocycles. The molecule has 106 valence electrons. The summed E-state index contributed by atoms with van der Waals surface area (Å²) < 4.78 is 14.7. The second-order valence-corrected chi connectivity index (χ2v) is 3.36. The van der Waals surface area contributed by atoms with E-state index in [0.717, 1.165) is 6.08 Å². The van der Waals surface area contributed by atoms with Crippen LogP contribution in [0.1, 0.15) is 26.7 Å². The maximum absolute atomic E-state index is 11.3. The zero-order chi connectivity index (χ0) is 14.5. The molecule has 0 radical (unpaired) electrons. The number of hydrogen-bond acceptors (Lipinski definition) is 5. The maximum atomic E-state index is 11.3. The largest absolute Gasteiger partial charge is 0.469 e. The van der Waals surface area contributed by atoms with Crippen molar-refractivity contribution in [2.24, 2.45) is 0 Å². The van der Waals surface area contributed by atoms with Crippen LogP contribution in [0.4, 0.5) is 0 Å². The minimum absolute atomic E-state index is 0.294. The lowest BCUT2D eigenvalue weighted by molar-refractivity contribution is -0.138. The normalized spacial score (nSPS) is 11.2. The summed E-state index contributed by atoms with van der Waals surface area (Å²) in [7, 11) is 0. The van der Waals surface area contributed by atoms with Gasteiger partial charge in [-0.05, 0) is 20.3 Å². The Hall–Kier alpha value is -2.04. The molecule has 0 spiro atoms. The summed E-state index contributed by atoms with van der Waals surface area (Å²) in [5, 5.41) is 0. The number of carbonyl (C=O) groups excluding carboxylic acids is 2. The van der Waals surface area contributed by atoms with E-state index < -0.39 is 11.9 Å². The number of rotatable bonds is 9. The van der Waals surface area contributed by atoms with Crippen molar-refractivity contribution in [3.8, 4) is 0 Å². The molecule has 0 N–H and O–H groups in total. The molecule has 0 aromatic rings. The van der Waals surface area contributed by atoms with Gasteiger partial charge in [0.2, 0.25) is 0 Å². The molecule has 0 saturated carbocycles. The van der Waals surface area contributed by atoms with Gasteiger partial charge in [-0.2, -0.15) is 0 Å². The van der Waals surface area contributed by atoms with Crippen molar-refractivity contribution in [3.05, 3.63) is 36.8 Å². The first-order valence-corrected chi connectivity index (χ1v) is 6.12. The van der Waals surface area contributed by atoms with Crippen molar-refractivity contribution in [2.45, 2.75) is 26.7 Å². The van der Waals surface area contributed by atoms with Gasteiger partial charge in [0.25, 0.3) is 0 Å². The van der Waals surface area contributed by atoms with Crippen molar-refractivity contribution < 1.29 is 23.8 Å². The van der Waals surface area contributed by atoms with Crippen LogP contribution in [-0.4, -0.2) is 25.2 Å². The van der Waals surface area contributed by atoms with Gasteiger partial charge in [-0.15, -0.1) is 6.58 Å². The van der Waals surface area contributed by atoms with Crippen LogP contribution >= 0.6 is 0 Å². The van der Waals surface area contributed by atoms with Crippen molar-refractivity contribution >= 4 is 11.9 Å². The van der Waals surface area contributed by atoms with E-state index in [0.29, 0.717) is 31.8 Å². The summed E-state index contributed by atoms with van der Waals surface area (Å²) in [5.74, 6) is -0.577. The van der Waals surface area contributed by atoms with E-state index in [1.807, 2.05) is 0 Å². The number of carbonyl (C=O) groups is 2. The molecule has 0 saturated heterocycles. The van der Waals surface area contributed by atoms with Crippen molar-refractivity contribution in [2.75, 3.05) is 13.2 Å². The van der Waals surface area contributed by atoms with Gasteiger partial charge in [0, 0.05) is 6.42 Å². The Morgan fingerprint density at radius 3 is 2.32 bits per heavy atom. The highest BCUT2D eigenvalue weighted by atomic mass is 16.5. The molecule has 0 amide bonds. The van der Waals surface area contributed by atoms with E-state index >= 15 is 0 Å². The molecule has 0 heterocycles. The van der Waals surface area contributed by atoms with Gasteiger partial charge in [-0.25, -0.2) is 9.59 Å². The highest BCUT2D eigenvalue weighted by Gasteiger charge is 2.03. The predicted molar refractivity (Wildman–Crippen MR) is 71.0 cm³/mol. The standard InChI is InChI=1S/C14H20O5/c1-4-7-8-12(11-14(16)18-6-3)19-10-9-13(15)17-5-2/h4,9-11H,1,5-8H2,2-3H3/b10-9+,12-11+. The average Bonchev–Trinajstić information content (AvgIpc) is 2.36. The minimum Gasteiger partial charge on any atom is -0.469 e. The Bertz CT molecular complexity index is 355. The zero-order valence-corrected chi connectivity index (χ0v) is 11.4. The molecule has 0 rings (SSSR count). The highest BCUT2D eigenvalue weighted by Crippen LogP contribution is 2.08. The van der Waals surface area contributed by atoms with Gasteiger partial charge in [0.1, 0.15) is 5.76 Å². The lowest BCUT2D eigenvalue weighted by Gasteiger charge is -2.05. The van der Waals surface area contributed by atoms with Gasteiger partial charge in [0.05, 0.1) is 31.6 Å². The molecule has 0 atom stereocenters. The average molecular weight is 268 g/mol. The Morgan fingerprint density at radius 1 is 1.11 bits per heavy atom. The van der Waals surface area contributed by atoms with Crippen LogP contribution in [0.3, 0.4) is 0 Å². The quantitative estimate of drug-likeness (QED) is 0.278. The number of allylic oxidation sites excluding steroid dienone is 2. The summed E-state index contributed by atoms with van der Waals surface area (Å²) >= 11 is 0. The second-order valence-electron chi connectivity index (χ2n) is 3.36. The van der Waals surface area contributed by atoms with Crippen LogP contribution < -0.4 is 0 Å². The van der Waals surface area contributed by atoms with E-state index in [1.165, 1.54) is 12.3 Å². The molecule has 0 bridgehead atoms. The molecule has 0 fully saturated rings. The van der Waals surface area contributed by atoms with Gasteiger partial charge < -0.3 is 14.2 Å². The third-order valence-corrected chi connectivity index (χ3v) is 1.87. The molecule has 0 aromatic carbocycles. The van der Waals surface area contributed by atoms with E-state index in [9.17, 15) is 9.59 Å². The molecule has 0 aliphatic carbocycles. The molecular weight excluding hydrogens is 248 g/mol. The minimum atomic E-state index is -0.498. The smallest absolute Gasteiger partial charge is 0.334 e. The number of ether oxygens (including phenoxy) is 3. The lowest BCUT2D eigenvalue weighted by atomic mass is 10.2. The van der Waals surface area contributed by atoms with Gasteiger partial charge >= 0.3 is 11.9 Å². The van der Waals surface area contributed by atoms with Crippen molar-refractivity contribution in [1.29, 1.82) is 0 Å². The third-order valence-electron chi connectivity index (χ3n) is 1.87. The first-order chi connectivity index (χ1) is 9.13. The van der Waals surface area contributed by atoms with Gasteiger partial charge in [-0.1, -0.05) is 6.08 Å². The van der Waals surface area contributed by atoms with Crippen LogP contribution in [-0.2, 0) is 23.8 Å². The van der Waals surface area contributed by atoms with Gasteiger partial charge in [-0.3, -0.25) is 0 Å². The Morgan fingerprint density at radius 2 is 1.74 bits per heavy atom. The van der Waals surface area contributed by atoms with Gasteiger partial charge in [0.15, 0.2) is 0 Å². The summed E-state index contributed by atoms with van der Waals surface area (Å²) in [6.07, 6.45) is 6.44. The molecular formula is C14H20O5. The first-order valence-electron chi connectivity index (χ1n) is 6.12. The van der Waals surface area contributed by atoms with E-state index in [2.05, 4.69) is 6.58 Å². The van der Waals surface area contributed by atoms with Crippen LogP contribution in [0, 0.1) is 0 Å². The van der Waals surface area contributed by atoms with Crippen LogP contribution in [0.2, 0.25) is 0 Å². The molecule has 0 aromatic heterocycles. The monoisotopic (exact) mass is 268 g/mol. The maximum Gasteiger partial charge on any atom is 0.334 e. The lowest BCUT2D eigenvalue weighted by Crippen LogP contribution is -2.02. The van der Waals surface area contributed by atoms with Crippen LogP contribution in [0.25, 0.3) is 0 Å². The van der Waals surface area contributed by atoms with Crippen molar-refractivity contribution in [3.63, 3.8) is 0 Å². The summed E-state index contributed by atoms with van der Waals surface area (Å²) in [6.45, 7) is 7.61. The van der Waals surface area contributed by atoms with E-state index in [4.69, 9.17) is 14.2 Å². The molecule has 19 heavy (non-hydrogen) atoms. The Kier molecular flexibility index (Phi) is 9.88. The van der Waals surface area contributed by atoms with E-state index in [-0.39, 0.29) is 0 Å². The van der Waals surface area contributed by atoms with Crippen LogP contribution in [0.15, 0.2) is 36.8 Å².